The molecule has 5 nitrogen and oxygen atoms in total. The number of nitrogens with one attached hydrogen (secondary N) is 1. The summed E-state index contributed by atoms with van der Waals surface area (Å²) in [5, 5.41) is 0.291. The van der Waals surface area contributed by atoms with Gasteiger partial charge in [0.05, 0.1) is 0 Å². The van der Waals surface area contributed by atoms with E-state index in [9.17, 15) is 18.4 Å². The van der Waals surface area contributed by atoms with E-state index in [0.717, 1.165) is 0 Å². The normalized spacial score (nSPS) is 10.8. The minimum absolute atomic E-state index is 0.0254. The molecule has 128 valence electrons. The first-order valence-corrected chi connectivity index (χ1v) is 7.58. The van der Waals surface area contributed by atoms with Gasteiger partial charge in [-0.25, -0.2) is 8.78 Å². The van der Waals surface area contributed by atoms with E-state index in [-0.39, 0.29) is 18.7 Å². The Morgan fingerprint density at radius 1 is 1.08 bits per heavy atom. The summed E-state index contributed by atoms with van der Waals surface area (Å²) in [5.41, 5.74) is 6.22. The van der Waals surface area contributed by atoms with Gasteiger partial charge in [0, 0.05) is 29.6 Å². The van der Waals surface area contributed by atoms with E-state index in [1.807, 2.05) is 0 Å². The first-order chi connectivity index (χ1) is 12.0. The highest BCUT2D eigenvalue weighted by molar-refractivity contribution is 6.07. The van der Waals surface area contributed by atoms with E-state index >= 15 is 0 Å². The van der Waals surface area contributed by atoms with Crippen molar-refractivity contribution in [1.29, 1.82) is 0 Å². The fourth-order valence-corrected chi connectivity index (χ4v) is 2.57. The topological polar surface area (TPSA) is 79.2 Å². The lowest BCUT2D eigenvalue weighted by Gasteiger charge is -2.21. The van der Waals surface area contributed by atoms with Crippen LogP contribution in [0, 0.1) is 11.6 Å². The molecule has 2 amide bonds. The maximum absolute atomic E-state index is 13.8. The Labute approximate surface area is 142 Å². The van der Waals surface area contributed by atoms with Crippen molar-refractivity contribution in [3.05, 3.63) is 65.9 Å². The lowest BCUT2D eigenvalue weighted by atomic mass is 10.2. The van der Waals surface area contributed by atoms with Crippen LogP contribution in [0.5, 0.6) is 0 Å². The number of benzene rings is 2. The molecule has 0 fully saturated rings. The highest BCUT2D eigenvalue weighted by atomic mass is 19.1. The van der Waals surface area contributed by atoms with Gasteiger partial charge in [0.2, 0.25) is 5.91 Å². The molecule has 0 aliphatic carbocycles. The van der Waals surface area contributed by atoms with Gasteiger partial charge in [0.15, 0.2) is 0 Å². The lowest BCUT2D eigenvalue weighted by Crippen LogP contribution is -2.34. The zero-order valence-electron chi connectivity index (χ0n) is 13.1. The van der Waals surface area contributed by atoms with Gasteiger partial charge in [0.1, 0.15) is 17.3 Å². The number of aromatic amines is 1. The summed E-state index contributed by atoms with van der Waals surface area (Å²) < 4.78 is 27.0. The number of anilines is 1. The zero-order valence-corrected chi connectivity index (χ0v) is 13.1. The molecule has 3 N–H and O–H groups in total. The number of nitrogens with two attached hydrogens (primary N) is 1. The van der Waals surface area contributed by atoms with Gasteiger partial charge in [-0.1, -0.05) is 6.07 Å². The molecule has 2 aromatic carbocycles. The van der Waals surface area contributed by atoms with Crippen LogP contribution in [-0.4, -0.2) is 23.3 Å². The summed E-state index contributed by atoms with van der Waals surface area (Å²) in [7, 11) is 0. The molecule has 25 heavy (non-hydrogen) atoms. The quantitative estimate of drug-likeness (QED) is 0.747. The van der Waals surface area contributed by atoms with Gasteiger partial charge in [-0.05, 0) is 42.5 Å². The third kappa shape index (κ3) is 3.50. The number of hydrogen-bond acceptors (Lipinski definition) is 2. The largest absolute Gasteiger partial charge is 0.370 e. The smallest absolute Gasteiger partial charge is 0.274 e. The Morgan fingerprint density at radius 3 is 2.44 bits per heavy atom. The number of primary amides is 1. The first kappa shape index (κ1) is 16.6. The Kier molecular flexibility index (Phi) is 4.47. The van der Waals surface area contributed by atoms with E-state index in [0.29, 0.717) is 16.6 Å². The van der Waals surface area contributed by atoms with Crippen LogP contribution >= 0.6 is 0 Å². The Morgan fingerprint density at radius 2 is 1.80 bits per heavy atom. The minimum Gasteiger partial charge on any atom is -0.370 e. The highest BCUT2D eigenvalue weighted by Gasteiger charge is 2.21. The number of hydrogen-bond donors (Lipinski definition) is 2. The molecule has 0 bridgehead atoms. The average molecular weight is 343 g/mol. The molecule has 3 rings (SSSR count). The van der Waals surface area contributed by atoms with Gasteiger partial charge >= 0.3 is 0 Å². The van der Waals surface area contributed by atoms with Gasteiger partial charge in [-0.2, -0.15) is 0 Å². The second kappa shape index (κ2) is 6.72. The van der Waals surface area contributed by atoms with E-state index in [1.165, 1.54) is 47.4 Å². The molecule has 0 saturated heterocycles. The molecule has 1 heterocycles. The molecule has 3 aromatic rings. The fourth-order valence-electron chi connectivity index (χ4n) is 2.57. The average Bonchev–Trinajstić information content (AvgIpc) is 3.02. The Hall–Kier alpha value is -3.22. The third-order valence-electron chi connectivity index (χ3n) is 3.81. The summed E-state index contributed by atoms with van der Waals surface area (Å²) in [6, 6.07) is 11.2. The predicted molar refractivity (Wildman–Crippen MR) is 90.1 cm³/mol. The van der Waals surface area contributed by atoms with Crippen LogP contribution in [0.1, 0.15) is 16.9 Å². The molecular formula is C18H15F2N3O2. The van der Waals surface area contributed by atoms with Crippen molar-refractivity contribution in [2.45, 2.75) is 6.42 Å². The summed E-state index contributed by atoms with van der Waals surface area (Å²) in [6.07, 6.45) is -0.0578. The maximum Gasteiger partial charge on any atom is 0.274 e. The number of rotatable bonds is 5. The number of aromatic nitrogens is 1. The van der Waals surface area contributed by atoms with Gasteiger partial charge in [-0.3, -0.25) is 9.59 Å². The van der Waals surface area contributed by atoms with Gasteiger partial charge < -0.3 is 15.6 Å². The van der Waals surface area contributed by atoms with Crippen molar-refractivity contribution in [2.24, 2.45) is 5.73 Å². The molecule has 0 saturated carbocycles. The minimum atomic E-state index is -0.567. The third-order valence-corrected chi connectivity index (χ3v) is 3.81. The molecule has 1 aromatic heterocycles. The fraction of sp³-hybridized carbons (Fsp3) is 0.111. The van der Waals surface area contributed by atoms with Crippen LogP contribution < -0.4 is 10.6 Å². The van der Waals surface area contributed by atoms with Crippen LogP contribution in [-0.2, 0) is 4.79 Å². The van der Waals surface area contributed by atoms with E-state index in [4.69, 9.17) is 5.73 Å². The van der Waals surface area contributed by atoms with Crippen LogP contribution in [0.3, 0.4) is 0 Å². The van der Waals surface area contributed by atoms with Crippen molar-refractivity contribution < 1.29 is 18.4 Å². The number of halogens is 2. The number of fused-ring (bicyclic) bond motifs is 1. The number of carbonyl (C=O) groups excluding carboxylic acids is 2. The molecular weight excluding hydrogens is 328 g/mol. The second-order valence-corrected chi connectivity index (χ2v) is 5.53. The second-order valence-electron chi connectivity index (χ2n) is 5.53. The first-order valence-electron chi connectivity index (χ1n) is 7.58. The van der Waals surface area contributed by atoms with Crippen LogP contribution in [0.15, 0.2) is 48.5 Å². The van der Waals surface area contributed by atoms with Crippen molar-refractivity contribution >= 4 is 28.4 Å². The van der Waals surface area contributed by atoms with Crippen LogP contribution in [0.2, 0.25) is 0 Å². The van der Waals surface area contributed by atoms with E-state index in [2.05, 4.69) is 4.98 Å². The lowest BCUT2D eigenvalue weighted by molar-refractivity contribution is -0.117. The van der Waals surface area contributed by atoms with Crippen molar-refractivity contribution in [2.75, 3.05) is 11.4 Å². The number of carbonyl (C=O) groups is 2. The van der Waals surface area contributed by atoms with Crippen molar-refractivity contribution in [3.8, 4) is 0 Å². The van der Waals surface area contributed by atoms with E-state index < -0.39 is 23.4 Å². The number of H-pyrrole nitrogens is 1. The Bertz CT molecular complexity index is 935. The molecule has 0 atom stereocenters. The zero-order chi connectivity index (χ0) is 18.0. The Balaban J connectivity index is 1.98. The summed E-state index contributed by atoms with van der Waals surface area (Å²) >= 11 is 0. The molecule has 7 heteroatoms. The maximum atomic E-state index is 13.8. The van der Waals surface area contributed by atoms with Crippen LogP contribution in [0.25, 0.3) is 10.9 Å². The van der Waals surface area contributed by atoms with Gasteiger partial charge in [0.25, 0.3) is 5.91 Å². The highest BCUT2D eigenvalue weighted by Crippen LogP contribution is 2.22. The molecule has 0 aliphatic rings. The predicted octanol–water partition coefficient (Wildman–Crippen LogP) is 2.97. The molecule has 0 spiro atoms. The SMILES string of the molecule is NC(=O)CCN(C(=O)c1cc2c(F)cccc2[nH]1)c1ccc(F)cc1. The number of amides is 2. The summed E-state index contributed by atoms with van der Waals surface area (Å²) in [5.74, 6) is -1.93. The monoisotopic (exact) mass is 343 g/mol. The van der Waals surface area contributed by atoms with Crippen molar-refractivity contribution in [3.63, 3.8) is 0 Å². The standard InChI is InChI=1S/C18H15F2N3O2/c19-11-4-6-12(7-5-11)23(9-8-17(21)24)18(25)16-10-13-14(20)2-1-3-15(13)22-16/h1-7,10,22H,8-9H2,(H2,21,24). The molecule has 0 aliphatic heterocycles. The summed E-state index contributed by atoms with van der Waals surface area (Å²) in [4.78, 5) is 28.1. The molecule has 0 radical (unpaired) electrons. The number of nitrogens with zero attached hydrogens (tertiary/aromatic N) is 1. The van der Waals surface area contributed by atoms with E-state index in [1.54, 1.807) is 6.07 Å². The molecule has 0 unspecified atom stereocenters. The van der Waals surface area contributed by atoms with Crippen LogP contribution in [0.4, 0.5) is 14.5 Å². The van der Waals surface area contributed by atoms with Crippen molar-refractivity contribution in [1.82, 2.24) is 4.98 Å². The van der Waals surface area contributed by atoms with Gasteiger partial charge in [-0.15, -0.1) is 0 Å². The summed E-state index contributed by atoms with van der Waals surface area (Å²) in [6.45, 7) is 0.0254.